The molecular formula is C34H57N11O13. The summed E-state index contributed by atoms with van der Waals surface area (Å²) in [4.78, 5) is 121. The molecule has 1 aromatic heterocycles. The maximum Gasteiger partial charge on any atom is 0.305 e. The molecule has 0 aromatic carbocycles. The number of aliphatic hydroxyl groups is 2. The Morgan fingerprint density at radius 3 is 1.78 bits per heavy atom. The van der Waals surface area contributed by atoms with Crippen molar-refractivity contribution in [3.05, 3.63) is 18.2 Å². The predicted molar refractivity (Wildman–Crippen MR) is 201 cm³/mol. The van der Waals surface area contributed by atoms with Crippen molar-refractivity contribution >= 4 is 53.3 Å². The van der Waals surface area contributed by atoms with E-state index in [-0.39, 0.29) is 25.8 Å². The molecule has 1 rings (SSSR count). The largest absolute Gasteiger partial charge is 0.481 e. The van der Waals surface area contributed by atoms with Gasteiger partial charge in [0.25, 0.3) is 0 Å². The third kappa shape index (κ3) is 17.6. The van der Waals surface area contributed by atoms with E-state index in [9.17, 15) is 58.5 Å². The Morgan fingerprint density at radius 2 is 1.28 bits per heavy atom. The zero-order valence-electron chi connectivity index (χ0n) is 32.6. The lowest BCUT2D eigenvalue weighted by Crippen LogP contribution is -2.61. The number of aromatic nitrogens is 2. The Balaban J connectivity index is 3.32. The summed E-state index contributed by atoms with van der Waals surface area (Å²) < 4.78 is 0. The molecule has 0 saturated heterocycles. The Kier molecular flexibility index (Phi) is 22.1. The number of carboxylic acids is 2. The number of nitrogens with two attached hydrogens (primary N) is 3. The fraction of sp³-hybridized carbons (Fsp3) is 0.647. The number of hydrogen-bond acceptors (Lipinski definition) is 14. The molecule has 0 spiro atoms. The molecule has 24 heteroatoms. The number of rotatable bonds is 28. The second-order valence-electron chi connectivity index (χ2n) is 13.6. The number of carbonyl (C=O) groups is 9. The van der Waals surface area contributed by atoms with Gasteiger partial charge in [-0.2, -0.15) is 0 Å². The summed E-state index contributed by atoms with van der Waals surface area (Å²) in [5.74, 6) is -10.2. The summed E-state index contributed by atoms with van der Waals surface area (Å²) in [6.07, 6.45) is 0.00621. The lowest BCUT2D eigenvalue weighted by atomic mass is 9.98. The van der Waals surface area contributed by atoms with Crippen LogP contribution in [0.1, 0.15) is 71.4 Å². The monoisotopic (exact) mass is 827 g/mol. The standard InChI is InChI=1S/C34H57N11O13/c1-4-16(2)26(28(37)52)44-31(55)21(8-9-24(48)49)41-33(57)23(14-46)43-30(54)20(7-5-6-10-35)40-32(56)22(11-18-13-38-15-39-18)42-34(58)27(17(3)47)45-29(53)19(36)12-25(50)51/h13,15-17,19-23,26-27,46-47H,4-12,14,35-36H2,1-3H3,(H2,37,52)(H,38,39)(H,40,56)(H,41,57)(H,42,58)(H,43,54)(H,44,55)(H,45,53)(H,48,49)(H,50,51)/t16-,17+,19-,20-,21-,22-,23-,26-,27-/m0/s1. The average Bonchev–Trinajstić information content (AvgIpc) is 3.67. The van der Waals surface area contributed by atoms with Gasteiger partial charge >= 0.3 is 11.9 Å². The third-order valence-electron chi connectivity index (χ3n) is 8.90. The van der Waals surface area contributed by atoms with Crippen LogP contribution in [0.15, 0.2) is 12.5 Å². The first-order valence-electron chi connectivity index (χ1n) is 18.5. The van der Waals surface area contributed by atoms with E-state index >= 15 is 0 Å². The Morgan fingerprint density at radius 1 is 0.741 bits per heavy atom. The second kappa shape index (κ2) is 25.5. The number of imidazole rings is 1. The number of aliphatic carboxylic acids is 2. The highest BCUT2D eigenvalue weighted by Gasteiger charge is 2.35. The van der Waals surface area contributed by atoms with E-state index < -0.39 is 133 Å². The van der Waals surface area contributed by atoms with Crippen LogP contribution in [-0.2, 0) is 49.6 Å². The van der Waals surface area contributed by atoms with Crippen molar-refractivity contribution in [2.24, 2.45) is 23.1 Å². The highest BCUT2D eigenvalue weighted by atomic mass is 16.4. The molecule has 1 heterocycles. The number of nitrogens with one attached hydrogen (secondary N) is 7. The van der Waals surface area contributed by atoms with Gasteiger partial charge in [0.2, 0.25) is 41.4 Å². The minimum atomic E-state index is -1.74. The topological polar surface area (TPSA) is 413 Å². The lowest BCUT2D eigenvalue weighted by Gasteiger charge is -2.28. The predicted octanol–water partition coefficient (Wildman–Crippen LogP) is -5.44. The summed E-state index contributed by atoms with van der Waals surface area (Å²) in [5, 5.41) is 52.6. The SMILES string of the molecule is CC[C@H](C)[C@H](NC(=O)[C@H](CCC(=O)O)NC(=O)[C@H](CO)NC(=O)[C@H](CCCCN)NC(=O)[C@H](Cc1cnc[nH]1)NC(=O)[C@@H](NC(=O)[C@@H](N)CC(=O)O)[C@@H](C)O)C(N)=O. The molecule has 24 nitrogen and oxygen atoms in total. The van der Waals surface area contributed by atoms with Crippen molar-refractivity contribution in [3.8, 4) is 0 Å². The van der Waals surface area contributed by atoms with Gasteiger partial charge < -0.3 is 74.5 Å². The van der Waals surface area contributed by atoms with Crippen LogP contribution in [0.5, 0.6) is 0 Å². The van der Waals surface area contributed by atoms with Crippen LogP contribution >= 0.6 is 0 Å². The molecule has 0 radical (unpaired) electrons. The number of hydrogen-bond donors (Lipinski definition) is 14. The molecule has 0 saturated carbocycles. The zero-order valence-corrected chi connectivity index (χ0v) is 32.6. The van der Waals surface area contributed by atoms with Crippen LogP contribution in [0.2, 0.25) is 0 Å². The van der Waals surface area contributed by atoms with Crippen molar-refractivity contribution in [2.45, 2.75) is 121 Å². The van der Waals surface area contributed by atoms with E-state index in [4.69, 9.17) is 22.3 Å². The highest BCUT2D eigenvalue weighted by molar-refractivity contribution is 5.97. The Hall–Kier alpha value is -5.72. The van der Waals surface area contributed by atoms with Crippen molar-refractivity contribution < 1.29 is 63.6 Å². The minimum absolute atomic E-state index is 0.0686. The number of amides is 7. The number of carbonyl (C=O) groups excluding carboxylic acids is 7. The number of aliphatic hydroxyl groups excluding tert-OH is 2. The molecule has 0 bridgehead atoms. The van der Waals surface area contributed by atoms with E-state index in [1.54, 1.807) is 13.8 Å². The first-order valence-corrected chi connectivity index (χ1v) is 18.5. The number of primary amides is 1. The van der Waals surface area contributed by atoms with E-state index in [1.165, 1.54) is 12.5 Å². The van der Waals surface area contributed by atoms with E-state index in [0.717, 1.165) is 6.92 Å². The molecule has 17 N–H and O–H groups in total. The molecule has 7 amide bonds. The molecule has 326 valence electrons. The molecule has 58 heavy (non-hydrogen) atoms. The maximum atomic E-state index is 13.8. The van der Waals surface area contributed by atoms with Crippen LogP contribution in [0, 0.1) is 5.92 Å². The Labute approximate surface area is 333 Å². The molecule has 0 aliphatic carbocycles. The number of carboxylic acid groups (broad SMARTS) is 2. The lowest BCUT2D eigenvalue weighted by molar-refractivity contribution is -0.140. The minimum Gasteiger partial charge on any atom is -0.481 e. The van der Waals surface area contributed by atoms with Gasteiger partial charge in [-0.05, 0) is 45.1 Å². The van der Waals surface area contributed by atoms with Gasteiger partial charge in [0.15, 0.2) is 0 Å². The van der Waals surface area contributed by atoms with Crippen LogP contribution in [0.4, 0.5) is 0 Å². The fourth-order valence-electron chi connectivity index (χ4n) is 5.33. The highest BCUT2D eigenvalue weighted by Crippen LogP contribution is 2.10. The molecule has 1 aromatic rings. The normalized spacial score (nSPS) is 15.7. The third-order valence-corrected chi connectivity index (χ3v) is 8.90. The summed E-state index contributed by atoms with van der Waals surface area (Å²) in [5.41, 5.74) is 17.0. The Bertz CT molecular complexity index is 1560. The first kappa shape index (κ1) is 50.3. The van der Waals surface area contributed by atoms with E-state index in [1.807, 2.05) is 0 Å². The molecule has 0 aliphatic heterocycles. The van der Waals surface area contributed by atoms with Crippen molar-refractivity contribution in [1.82, 2.24) is 41.9 Å². The smallest absolute Gasteiger partial charge is 0.305 e. The van der Waals surface area contributed by atoms with Gasteiger partial charge in [-0.1, -0.05) is 20.3 Å². The van der Waals surface area contributed by atoms with Gasteiger partial charge in [-0.25, -0.2) is 4.98 Å². The van der Waals surface area contributed by atoms with Crippen LogP contribution in [-0.4, -0.2) is 145 Å². The van der Waals surface area contributed by atoms with Crippen LogP contribution in [0.25, 0.3) is 0 Å². The summed E-state index contributed by atoms with van der Waals surface area (Å²) in [6, 6.07) is -10.7. The molecular weight excluding hydrogens is 770 g/mol. The maximum absolute atomic E-state index is 13.8. The number of aromatic amines is 1. The van der Waals surface area contributed by atoms with Crippen LogP contribution in [0.3, 0.4) is 0 Å². The molecule has 0 fully saturated rings. The quantitative estimate of drug-likeness (QED) is 0.0351. The second-order valence-corrected chi connectivity index (χ2v) is 13.6. The van der Waals surface area contributed by atoms with Gasteiger partial charge in [0.1, 0.15) is 36.3 Å². The van der Waals surface area contributed by atoms with Gasteiger partial charge in [-0.15, -0.1) is 0 Å². The molecule has 0 aliphatic rings. The fourth-order valence-corrected chi connectivity index (χ4v) is 5.33. The molecule has 9 atom stereocenters. The summed E-state index contributed by atoms with van der Waals surface area (Å²) in [6.45, 7) is 3.72. The van der Waals surface area contributed by atoms with E-state index in [2.05, 4.69) is 41.9 Å². The van der Waals surface area contributed by atoms with Gasteiger partial charge in [-0.3, -0.25) is 43.2 Å². The van der Waals surface area contributed by atoms with Crippen molar-refractivity contribution in [2.75, 3.05) is 13.2 Å². The molecule has 0 unspecified atom stereocenters. The summed E-state index contributed by atoms with van der Waals surface area (Å²) in [7, 11) is 0. The van der Waals surface area contributed by atoms with Gasteiger partial charge in [0, 0.05) is 24.7 Å². The number of H-pyrrole nitrogens is 1. The average molecular weight is 828 g/mol. The number of unbranched alkanes of at least 4 members (excludes halogenated alkanes) is 1. The van der Waals surface area contributed by atoms with Crippen molar-refractivity contribution in [1.29, 1.82) is 0 Å². The van der Waals surface area contributed by atoms with E-state index in [0.29, 0.717) is 18.5 Å². The van der Waals surface area contributed by atoms with Crippen molar-refractivity contribution in [3.63, 3.8) is 0 Å². The number of nitrogens with zero attached hydrogens (tertiary/aromatic N) is 1. The zero-order chi connectivity index (χ0) is 44.1. The van der Waals surface area contributed by atoms with Gasteiger partial charge in [0.05, 0.1) is 31.5 Å². The van der Waals surface area contributed by atoms with Crippen LogP contribution < -0.4 is 49.1 Å². The first-order chi connectivity index (χ1) is 27.2. The summed E-state index contributed by atoms with van der Waals surface area (Å²) >= 11 is 0.